The maximum absolute atomic E-state index is 11.8. The Morgan fingerprint density at radius 1 is 0.288 bits per heavy atom. The quantitative estimate of drug-likeness (QED) is 0.0659. The predicted octanol–water partition coefficient (Wildman–Crippen LogP) is 13.8. The monoisotopic (exact) mass is 966 g/mol. The van der Waals surface area contributed by atoms with Crippen molar-refractivity contribution < 1.29 is 42.7 Å². The van der Waals surface area contributed by atoms with Gasteiger partial charge in [0.05, 0.1) is 12.7 Å². The number of benzene rings is 8. The molecule has 0 amide bonds. The van der Waals surface area contributed by atoms with Crippen LogP contribution in [0.5, 0.6) is 70.6 Å². The molecule has 0 aliphatic carbocycles. The average molecular weight is 967 g/mol. The summed E-state index contributed by atoms with van der Waals surface area (Å²) in [6.07, 6.45) is 0. The van der Waals surface area contributed by atoms with Crippen LogP contribution in [-0.4, -0.2) is 48.8 Å². The van der Waals surface area contributed by atoms with Crippen LogP contribution in [0.1, 0.15) is 27.6 Å². The third-order valence-corrected chi connectivity index (χ3v) is 10.3. The van der Waals surface area contributed by atoms with Gasteiger partial charge in [0.25, 0.3) is 0 Å². The van der Waals surface area contributed by atoms with E-state index in [1.54, 1.807) is 72.8 Å². The molecule has 0 fully saturated rings. The lowest BCUT2D eigenvalue weighted by Gasteiger charge is -2.11. The number of carbonyl (C=O) groups excluding carboxylic acids is 2. The number of hydrogen-bond donors (Lipinski definition) is 0. The molecule has 0 unspecified atom stereocenters. The topological polar surface area (TPSA) is 176 Å². The van der Waals surface area contributed by atoms with E-state index in [1.807, 2.05) is 146 Å². The third kappa shape index (κ3) is 13.5. The molecular formula is C58H42N6O9. The number of rotatable bonds is 16. The Bertz CT molecular complexity index is 3230. The van der Waals surface area contributed by atoms with E-state index >= 15 is 0 Å². The van der Waals surface area contributed by atoms with Gasteiger partial charge in [-0.15, -0.1) is 29.9 Å². The van der Waals surface area contributed by atoms with Gasteiger partial charge in [-0.2, -0.15) is 0 Å². The standard InChI is InChI=1S/C35H25N3O5.C23H17N3O4/c1-40-32(39)28-16-22-31(23-17-28)43-35-37-33(41-29-18-12-26(13-19-29)24-8-4-2-5-9-24)36-34(38-35)42-30-20-14-27(15-21-30)25-10-6-3-7-11-25;1-16(27)17-12-14-20(15-13-17)30-23-25-21(28-18-8-4-2-5-9-18)24-22(26-23)29-19-10-6-3-7-11-19/h2-23H,1H3;2-15H,1H3. The summed E-state index contributed by atoms with van der Waals surface area (Å²) in [4.78, 5) is 48.9. The molecule has 2 heterocycles. The van der Waals surface area contributed by atoms with Gasteiger partial charge in [-0.25, -0.2) is 4.79 Å². The van der Waals surface area contributed by atoms with Crippen LogP contribution in [0.2, 0.25) is 0 Å². The minimum absolute atomic E-state index is 0.00237. The van der Waals surface area contributed by atoms with Crippen LogP contribution in [0.15, 0.2) is 218 Å². The van der Waals surface area contributed by atoms with Crippen molar-refractivity contribution in [3.05, 3.63) is 230 Å². The molecule has 0 bridgehead atoms. The summed E-state index contributed by atoms with van der Waals surface area (Å²) >= 11 is 0. The van der Waals surface area contributed by atoms with Crippen molar-refractivity contribution in [2.45, 2.75) is 6.92 Å². The summed E-state index contributed by atoms with van der Waals surface area (Å²) in [7, 11) is 1.32. The Kier molecular flexibility index (Phi) is 15.3. The highest BCUT2D eigenvalue weighted by Gasteiger charge is 2.16. The first-order valence-corrected chi connectivity index (χ1v) is 22.6. The van der Waals surface area contributed by atoms with Crippen molar-refractivity contribution >= 4 is 11.8 Å². The number of Topliss-reactive ketones (excluding diaryl/α,β-unsaturated/α-hetero) is 1. The van der Waals surface area contributed by atoms with Crippen LogP contribution in [0.3, 0.4) is 0 Å². The maximum atomic E-state index is 11.8. The maximum Gasteiger partial charge on any atom is 0.337 e. The van der Waals surface area contributed by atoms with Gasteiger partial charge in [0.2, 0.25) is 0 Å². The van der Waals surface area contributed by atoms with Crippen LogP contribution in [0.25, 0.3) is 22.3 Å². The van der Waals surface area contributed by atoms with Crippen LogP contribution >= 0.6 is 0 Å². The number of ketones is 1. The Morgan fingerprint density at radius 2 is 0.521 bits per heavy atom. The fourth-order valence-corrected chi connectivity index (χ4v) is 6.75. The van der Waals surface area contributed by atoms with Crippen LogP contribution in [0.4, 0.5) is 0 Å². The lowest BCUT2D eigenvalue weighted by molar-refractivity contribution is 0.0600. The fourth-order valence-electron chi connectivity index (χ4n) is 6.75. The van der Waals surface area contributed by atoms with E-state index in [0.29, 0.717) is 45.6 Å². The minimum Gasteiger partial charge on any atom is -0.465 e. The number of aromatic nitrogens is 6. The van der Waals surface area contributed by atoms with Crippen molar-refractivity contribution in [3.8, 4) is 92.8 Å². The lowest BCUT2D eigenvalue weighted by Crippen LogP contribution is -2.02. The van der Waals surface area contributed by atoms with Crippen molar-refractivity contribution in [1.82, 2.24) is 29.9 Å². The van der Waals surface area contributed by atoms with Crippen molar-refractivity contribution in [2.75, 3.05) is 7.11 Å². The second kappa shape index (κ2) is 23.3. The zero-order chi connectivity index (χ0) is 50.2. The number of carbonyl (C=O) groups is 2. The van der Waals surface area contributed by atoms with Gasteiger partial charge >= 0.3 is 42.0 Å². The van der Waals surface area contributed by atoms with Crippen molar-refractivity contribution in [2.24, 2.45) is 0 Å². The molecule has 73 heavy (non-hydrogen) atoms. The molecule has 8 aromatic carbocycles. The summed E-state index contributed by atoms with van der Waals surface area (Å²) in [6, 6.07) is 66.5. The molecule has 0 saturated heterocycles. The molecule has 15 nitrogen and oxygen atoms in total. The number of hydrogen-bond acceptors (Lipinski definition) is 15. The number of esters is 1. The fraction of sp³-hybridized carbons (Fsp3) is 0.0345. The van der Waals surface area contributed by atoms with E-state index in [1.165, 1.54) is 14.0 Å². The zero-order valence-corrected chi connectivity index (χ0v) is 39.1. The van der Waals surface area contributed by atoms with E-state index in [9.17, 15) is 9.59 Å². The Morgan fingerprint density at radius 3 is 0.795 bits per heavy atom. The van der Waals surface area contributed by atoms with E-state index in [2.05, 4.69) is 29.9 Å². The molecule has 0 spiro atoms. The van der Waals surface area contributed by atoms with Gasteiger partial charge in [-0.3, -0.25) is 4.79 Å². The zero-order valence-electron chi connectivity index (χ0n) is 39.1. The molecule has 0 aliphatic heterocycles. The van der Waals surface area contributed by atoms with Crippen molar-refractivity contribution in [1.29, 1.82) is 0 Å². The van der Waals surface area contributed by atoms with E-state index in [-0.39, 0.29) is 41.8 Å². The predicted molar refractivity (Wildman–Crippen MR) is 271 cm³/mol. The molecule has 0 N–H and O–H groups in total. The van der Waals surface area contributed by atoms with Crippen molar-refractivity contribution in [3.63, 3.8) is 0 Å². The smallest absolute Gasteiger partial charge is 0.337 e. The van der Waals surface area contributed by atoms with Gasteiger partial charge in [0.15, 0.2) is 5.78 Å². The Balaban J connectivity index is 0.000000192. The van der Waals surface area contributed by atoms with Gasteiger partial charge in [-0.05, 0) is 126 Å². The summed E-state index contributed by atoms with van der Waals surface area (Å²) < 4.78 is 39.8. The molecule has 2 aromatic heterocycles. The first kappa shape index (κ1) is 47.8. The average Bonchev–Trinajstić information content (AvgIpc) is 3.42. The Hall–Kier alpha value is -10.3. The number of ether oxygens (including phenoxy) is 7. The summed E-state index contributed by atoms with van der Waals surface area (Å²) in [5, 5.41) is 0. The first-order chi connectivity index (χ1) is 35.8. The second-order valence-electron chi connectivity index (χ2n) is 15.5. The lowest BCUT2D eigenvalue weighted by atomic mass is 10.1. The van der Waals surface area contributed by atoms with E-state index < -0.39 is 5.97 Å². The number of methoxy groups -OCH3 is 1. The van der Waals surface area contributed by atoms with Crippen LogP contribution in [0, 0.1) is 0 Å². The largest absolute Gasteiger partial charge is 0.465 e. The molecule has 0 saturated carbocycles. The minimum atomic E-state index is -0.449. The Labute approximate surface area is 419 Å². The van der Waals surface area contributed by atoms with Gasteiger partial charge in [0.1, 0.15) is 34.5 Å². The van der Waals surface area contributed by atoms with Gasteiger partial charge in [-0.1, -0.05) is 121 Å². The molecule has 0 radical (unpaired) electrons. The van der Waals surface area contributed by atoms with Crippen LogP contribution < -0.4 is 28.4 Å². The first-order valence-electron chi connectivity index (χ1n) is 22.6. The molecule has 358 valence electrons. The van der Waals surface area contributed by atoms with E-state index in [4.69, 9.17) is 33.2 Å². The number of para-hydroxylation sites is 2. The highest BCUT2D eigenvalue weighted by molar-refractivity contribution is 5.94. The molecule has 10 rings (SSSR count). The van der Waals surface area contributed by atoms with Gasteiger partial charge in [0, 0.05) is 5.56 Å². The van der Waals surface area contributed by atoms with Gasteiger partial charge < -0.3 is 33.2 Å². The summed E-state index contributed by atoms with van der Waals surface area (Å²) in [5.41, 5.74) is 5.25. The summed E-state index contributed by atoms with van der Waals surface area (Å²) in [5.74, 6) is 2.55. The highest BCUT2D eigenvalue weighted by atomic mass is 16.5. The van der Waals surface area contributed by atoms with E-state index in [0.717, 1.165) is 22.3 Å². The number of nitrogens with zero attached hydrogens (tertiary/aromatic N) is 6. The SMILES string of the molecule is CC(=O)c1ccc(Oc2nc(Oc3ccccc3)nc(Oc3ccccc3)n2)cc1.COC(=O)c1ccc(Oc2nc(Oc3ccc(-c4ccccc4)cc3)nc(Oc3ccc(-c4ccccc4)cc3)n2)cc1. The molecule has 0 atom stereocenters. The normalized spacial score (nSPS) is 10.4. The second-order valence-corrected chi connectivity index (χ2v) is 15.5. The third-order valence-electron chi connectivity index (χ3n) is 10.3. The molecular weight excluding hydrogens is 925 g/mol. The molecule has 10 aromatic rings. The highest BCUT2D eigenvalue weighted by Crippen LogP contribution is 2.31. The molecule has 0 aliphatic rings. The van der Waals surface area contributed by atoms with Crippen LogP contribution in [-0.2, 0) is 4.74 Å². The molecule has 15 heteroatoms. The summed E-state index contributed by atoms with van der Waals surface area (Å²) in [6.45, 7) is 1.50.